The van der Waals surface area contributed by atoms with Crippen LogP contribution in [-0.2, 0) is 0 Å². The van der Waals surface area contributed by atoms with Crippen molar-refractivity contribution >= 4 is 11.6 Å². The van der Waals surface area contributed by atoms with Gasteiger partial charge in [0.2, 0.25) is 6.79 Å². The second-order valence-electron chi connectivity index (χ2n) is 6.19. The molecular formula is C16H20N2O3. The van der Waals surface area contributed by atoms with E-state index >= 15 is 0 Å². The first-order valence-corrected chi connectivity index (χ1v) is 7.74. The number of nitrogens with two attached hydrogens (primary N) is 1. The molecule has 112 valence electrons. The van der Waals surface area contributed by atoms with Gasteiger partial charge in [0.25, 0.3) is 5.91 Å². The third-order valence-corrected chi connectivity index (χ3v) is 5.03. The Morgan fingerprint density at radius 1 is 1.14 bits per heavy atom. The molecule has 2 unspecified atom stereocenters. The molecule has 2 atom stereocenters. The molecule has 2 N–H and O–H groups in total. The lowest BCUT2D eigenvalue weighted by Gasteiger charge is -2.38. The molecule has 2 fully saturated rings. The van der Waals surface area contributed by atoms with E-state index in [1.165, 1.54) is 19.3 Å². The van der Waals surface area contributed by atoms with Crippen LogP contribution in [0.25, 0.3) is 0 Å². The fourth-order valence-corrected chi connectivity index (χ4v) is 4.00. The average molecular weight is 288 g/mol. The number of hydrogen-bond acceptors (Lipinski definition) is 4. The molecule has 0 radical (unpaired) electrons. The Kier molecular flexibility index (Phi) is 2.94. The van der Waals surface area contributed by atoms with Crippen molar-refractivity contribution in [1.29, 1.82) is 0 Å². The Balaban J connectivity index is 1.65. The number of nitrogen functional groups attached to an aromatic ring is 1. The van der Waals surface area contributed by atoms with Gasteiger partial charge < -0.3 is 20.1 Å². The summed E-state index contributed by atoms with van der Waals surface area (Å²) in [5.74, 6) is 1.97. The maximum atomic E-state index is 12.9. The van der Waals surface area contributed by atoms with Gasteiger partial charge in [-0.2, -0.15) is 0 Å². The summed E-state index contributed by atoms with van der Waals surface area (Å²) in [6, 6.07) is 3.83. The molecule has 21 heavy (non-hydrogen) atoms. The molecule has 0 bridgehead atoms. The number of likely N-dealkylation sites (tertiary alicyclic amines) is 1. The van der Waals surface area contributed by atoms with Crippen molar-refractivity contribution in [3.8, 4) is 11.5 Å². The summed E-state index contributed by atoms with van der Waals surface area (Å²) in [4.78, 5) is 14.9. The molecule has 0 spiro atoms. The lowest BCUT2D eigenvalue weighted by atomic mass is 9.91. The first kappa shape index (κ1) is 12.8. The van der Waals surface area contributed by atoms with Gasteiger partial charge in [-0.3, -0.25) is 4.79 Å². The molecule has 1 aromatic carbocycles. The second kappa shape index (κ2) is 4.83. The van der Waals surface area contributed by atoms with Crippen LogP contribution in [0.15, 0.2) is 12.1 Å². The van der Waals surface area contributed by atoms with E-state index in [0.29, 0.717) is 34.7 Å². The van der Waals surface area contributed by atoms with Crippen LogP contribution in [0.4, 0.5) is 5.69 Å². The Hall–Kier alpha value is -1.91. The Bertz CT molecular complexity index is 587. The summed E-state index contributed by atoms with van der Waals surface area (Å²) in [6.07, 6.45) is 5.96. The predicted molar refractivity (Wildman–Crippen MR) is 78.4 cm³/mol. The lowest BCUT2D eigenvalue weighted by Crippen LogP contribution is -2.46. The summed E-state index contributed by atoms with van der Waals surface area (Å²) < 4.78 is 10.7. The van der Waals surface area contributed by atoms with E-state index < -0.39 is 0 Å². The Morgan fingerprint density at radius 3 is 2.76 bits per heavy atom. The van der Waals surface area contributed by atoms with Crippen LogP contribution in [0, 0.1) is 5.92 Å². The van der Waals surface area contributed by atoms with E-state index in [0.717, 1.165) is 19.4 Å². The van der Waals surface area contributed by atoms with Crippen molar-refractivity contribution < 1.29 is 14.3 Å². The molecule has 1 saturated carbocycles. The molecule has 1 aliphatic carbocycles. The zero-order valence-corrected chi connectivity index (χ0v) is 12.0. The fourth-order valence-electron chi connectivity index (χ4n) is 4.00. The zero-order chi connectivity index (χ0) is 14.4. The maximum absolute atomic E-state index is 12.9. The van der Waals surface area contributed by atoms with Crippen LogP contribution in [0.1, 0.15) is 42.5 Å². The molecule has 1 saturated heterocycles. The van der Waals surface area contributed by atoms with Crippen molar-refractivity contribution in [2.45, 2.75) is 38.1 Å². The van der Waals surface area contributed by atoms with Gasteiger partial charge in [0.15, 0.2) is 11.5 Å². The summed E-state index contributed by atoms with van der Waals surface area (Å²) in [7, 11) is 0. The van der Waals surface area contributed by atoms with Gasteiger partial charge in [0.05, 0.1) is 5.56 Å². The molecule has 4 rings (SSSR count). The van der Waals surface area contributed by atoms with Crippen molar-refractivity contribution in [2.75, 3.05) is 19.1 Å². The van der Waals surface area contributed by atoms with Gasteiger partial charge in [-0.05, 0) is 37.7 Å². The first-order chi connectivity index (χ1) is 10.2. The zero-order valence-electron chi connectivity index (χ0n) is 12.0. The van der Waals surface area contributed by atoms with Gasteiger partial charge in [-0.1, -0.05) is 6.42 Å². The minimum atomic E-state index is 0.0439. The van der Waals surface area contributed by atoms with Gasteiger partial charge in [0, 0.05) is 24.3 Å². The van der Waals surface area contributed by atoms with E-state index in [9.17, 15) is 4.79 Å². The van der Waals surface area contributed by atoms with Crippen LogP contribution < -0.4 is 15.2 Å². The number of rotatable bonds is 1. The van der Waals surface area contributed by atoms with E-state index in [-0.39, 0.29) is 12.7 Å². The number of carbonyl (C=O) groups excluding carboxylic acids is 1. The minimum absolute atomic E-state index is 0.0439. The minimum Gasteiger partial charge on any atom is -0.454 e. The third kappa shape index (κ3) is 2.03. The molecule has 3 aliphatic rings. The highest BCUT2D eigenvalue weighted by atomic mass is 16.7. The van der Waals surface area contributed by atoms with E-state index in [1.54, 1.807) is 12.1 Å². The summed E-state index contributed by atoms with van der Waals surface area (Å²) in [5.41, 5.74) is 7.08. The topological polar surface area (TPSA) is 64.8 Å². The molecule has 0 aromatic heterocycles. The Labute approximate surface area is 124 Å². The highest BCUT2D eigenvalue weighted by Gasteiger charge is 2.38. The Morgan fingerprint density at radius 2 is 1.90 bits per heavy atom. The van der Waals surface area contributed by atoms with Crippen LogP contribution in [0.3, 0.4) is 0 Å². The van der Waals surface area contributed by atoms with Crippen LogP contribution >= 0.6 is 0 Å². The molecule has 5 heteroatoms. The number of hydrogen-bond donors (Lipinski definition) is 1. The smallest absolute Gasteiger partial charge is 0.256 e. The predicted octanol–water partition coefficient (Wildman–Crippen LogP) is 2.40. The largest absolute Gasteiger partial charge is 0.454 e. The normalized spacial score (nSPS) is 26.8. The van der Waals surface area contributed by atoms with Gasteiger partial charge in [-0.25, -0.2) is 0 Å². The molecule has 2 aliphatic heterocycles. The van der Waals surface area contributed by atoms with Crippen molar-refractivity contribution in [3.05, 3.63) is 17.7 Å². The number of benzene rings is 1. The average Bonchev–Trinajstić information content (AvgIpc) is 3.13. The van der Waals surface area contributed by atoms with Crippen molar-refractivity contribution in [3.63, 3.8) is 0 Å². The SMILES string of the molecule is Nc1cc2c(cc1C(=O)N1CCCC3CCCC31)OCO2. The van der Waals surface area contributed by atoms with Gasteiger partial charge in [0.1, 0.15) is 0 Å². The lowest BCUT2D eigenvalue weighted by molar-refractivity contribution is 0.0549. The number of piperidine rings is 1. The number of nitrogens with zero attached hydrogens (tertiary/aromatic N) is 1. The van der Waals surface area contributed by atoms with Crippen LogP contribution in [0.2, 0.25) is 0 Å². The van der Waals surface area contributed by atoms with E-state index in [4.69, 9.17) is 15.2 Å². The van der Waals surface area contributed by atoms with Crippen molar-refractivity contribution in [2.24, 2.45) is 5.92 Å². The molecular weight excluding hydrogens is 268 g/mol. The summed E-state index contributed by atoms with van der Waals surface area (Å²) in [5, 5.41) is 0. The van der Waals surface area contributed by atoms with E-state index in [2.05, 4.69) is 0 Å². The number of fused-ring (bicyclic) bond motifs is 2. The fraction of sp³-hybridized carbons (Fsp3) is 0.562. The maximum Gasteiger partial charge on any atom is 0.256 e. The highest BCUT2D eigenvalue weighted by molar-refractivity contribution is 6.00. The van der Waals surface area contributed by atoms with Gasteiger partial charge in [-0.15, -0.1) is 0 Å². The number of anilines is 1. The number of carbonyl (C=O) groups is 1. The highest BCUT2D eigenvalue weighted by Crippen LogP contribution is 2.40. The second-order valence-corrected chi connectivity index (χ2v) is 6.19. The first-order valence-electron chi connectivity index (χ1n) is 7.74. The molecule has 1 amide bonds. The monoisotopic (exact) mass is 288 g/mol. The molecule has 5 nitrogen and oxygen atoms in total. The summed E-state index contributed by atoms with van der Waals surface area (Å²) >= 11 is 0. The van der Waals surface area contributed by atoms with E-state index in [1.807, 2.05) is 4.90 Å². The number of amides is 1. The standard InChI is InChI=1S/C16H20N2O3/c17-12-8-15-14(20-9-21-15)7-11(12)16(19)18-6-2-4-10-3-1-5-13(10)18/h7-8,10,13H,1-6,9,17H2. The number of ether oxygens (including phenoxy) is 2. The summed E-state index contributed by atoms with van der Waals surface area (Å²) in [6.45, 7) is 1.04. The molecule has 2 heterocycles. The van der Waals surface area contributed by atoms with Crippen LogP contribution in [0.5, 0.6) is 11.5 Å². The van der Waals surface area contributed by atoms with Gasteiger partial charge >= 0.3 is 0 Å². The van der Waals surface area contributed by atoms with Crippen molar-refractivity contribution in [1.82, 2.24) is 4.90 Å². The third-order valence-electron chi connectivity index (χ3n) is 5.03. The quantitative estimate of drug-likeness (QED) is 0.806. The molecule has 1 aromatic rings. The van der Waals surface area contributed by atoms with Crippen LogP contribution in [-0.4, -0.2) is 30.2 Å².